The summed E-state index contributed by atoms with van der Waals surface area (Å²) in [7, 11) is -4.04. The van der Waals surface area contributed by atoms with Crippen molar-refractivity contribution in [2.45, 2.75) is 120 Å². The van der Waals surface area contributed by atoms with Crippen molar-refractivity contribution in [1.82, 2.24) is 4.90 Å². The Hall–Kier alpha value is -1.20. The summed E-state index contributed by atoms with van der Waals surface area (Å²) in [5.74, 6) is 1.09. The number of piperidine rings is 2. The van der Waals surface area contributed by atoms with Crippen LogP contribution in [0.25, 0.3) is 0 Å². The molecule has 10 heteroatoms. The van der Waals surface area contributed by atoms with E-state index >= 15 is 0 Å². The molecule has 0 aromatic carbocycles. The molecule has 1 saturated carbocycles. The summed E-state index contributed by atoms with van der Waals surface area (Å²) >= 11 is 0. The lowest BCUT2D eigenvalue weighted by molar-refractivity contribution is -1.00. The molecule has 6 fully saturated rings. The van der Waals surface area contributed by atoms with Crippen LogP contribution in [0.3, 0.4) is 0 Å². The summed E-state index contributed by atoms with van der Waals surface area (Å²) in [6.07, 6.45) is 28.4. The Morgan fingerprint density at radius 2 is 1.58 bits per heavy atom. The maximum atomic E-state index is 12.5. The third-order valence-electron chi connectivity index (χ3n) is 11.9. The Morgan fingerprint density at radius 1 is 0.884 bits per heavy atom. The van der Waals surface area contributed by atoms with Crippen LogP contribution in [0.5, 0.6) is 0 Å². The number of rotatable bonds is 1. The number of nitrogens with zero attached hydrogens (tertiary/aromatic N) is 2. The molecule has 6 bridgehead atoms. The molecule has 0 aromatic rings. The predicted octanol–water partition coefficient (Wildman–Crippen LogP) is 6.64. The fraction of sp³-hybridized carbons (Fsp3) is 0.818. The van der Waals surface area contributed by atoms with E-state index in [1.54, 1.807) is 0 Å². The van der Waals surface area contributed by atoms with Gasteiger partial charge in [0.1, 0.15) is 12.2 Å². The molecule has 7 rings (SSSR count). The van der Waals surface area contributed by atoms with Crippen molar-refractivity contribution in [3.05, 3.63) is 36.5 Å². The summed E-state index contributed by atoms with van der Waals surface area (Å²) < 4.78 is 46.6. The Kier molecular flexibility index (Phi) is 10.5. The van der Waals surface area contributed by atoms with Crippen LogP contribution >= 0.6 is 0 Å². The molecule has 2 N–H and O–H groups in total. The van der Waals surface area contributed by atoms with E-state index in [0.29, 0.717) is 11.8 Å². The van der Waals surface area contributed by atoms with Gasteiger partial charge < -0.3 is 32.2 Å². The fourth-order valence-electron chi connectivity index (χ4n) is 11.1. The second-order valence-electron chi connectivity index (χ2n) is 14.1. The van der Waals surface area contributed by atoms with Gasteiger partial charge in [0.2, 0.25) is 6.23 Å². The quantitative estimate of drug-likeness (QED) is 0.151. The molecule has 244 valence electrons. The Balaban J connectivity index is 0.000000682. The highest BCUT2D eigenvalue weighted by molar-refractivity contribution is 6.50. The molecular formula is C33H53BF4N2O3. The molecule has 3 spiro atoms. The fourth-order valence-corrected chi connectivity index (χ4v) is 11.1. The maximum Gasteiger partial charge on any atom is 0.673 e. The van der Waals surface area contributed by atoms with E-state index in [4.69, 9.17) is 4.74 Å². The minimum atomic E-state index is -6.00. The van der Waals surface area contributed by atoms with Crippen molar-refractivity contribution in [3.8, 4) is 0 Å². The minimum absolute atomic E-state index is 0.0662. The SMILES string of the molecule is CO[C@@H]1[C@@]23CCCCCCCCCCN4CC[C@@H]5[C@@H](C2)C[N+]12CCC/C=C\C/C=C\C=C\[C@H](O)[C@@H](O)[C@@]52[C@@H]43.F[B-](F)(F)F. The normalized spacial score (nSPS) is 46.1. The summed E-state index contributed by atoms with van der Waals surface area (Å²) in [5.41, 5.74) is -0.292. The lowest BCUT2D eigenvalue weighted by Crippen LogP contribution is -2.77. The monoisotopic (exact) mass is 612 g/mol. The number of methoxy groups -OCH3 is 1. The van der Waals surface area contributed by atoms with Gasteiger partial charge in [-0.15, -0.1) is 0 Å². The first-order valence-electron chi connectivity index (χ1n) is 17.0. The highest BCUT2D eigenvalue weighted by Gasteiger charge is 2.89. The first-order valence-corrected chi connectivity index (χ1v) is 17.0. The third-order valence-corrected chi connectivity index (χ3v) is 11.9. The highest BCUT2D eigenvalue weighted by atomic mass is 19.5. The number of allylic oxidation sites excluding steroid dienone is 5. The van der Waals surface area contributed by atoms with E-state index in [2.05, 4.69) is 23.1 Å². The van der Waals surface area contributed by atoms with Gasteiger partial charge in [-0.05, 0) is 51.6 Å². The molecule has 0 radical (unpaired) electrons. The number of aliphatic hydroxyl groups is 2. The van der Waals surface area contributed by atoms with Crippen LogP contribution in [0.4, 0.5) is 17.3 Å². The maximum absolute atomic E-state index is 12.5. The second kappa shape index (κ2) is 13.7. The number of halogens is 4. The van der Waals surface area contributed by atoms with E-state index in [1.165, 1.54) is 64.2 Å². The summed E-state index contributed by atoms with van der Waals surface area (Å²) in [6, 6.07) is 0.287. The van der Waals surface area contributed by atoms with E-state index in [-0.39, 0.29) is 23.2 Å². The number of aliphatic hydroxyl groups excluding tert-OH is 2. The van der Waals surface area contributed by atoms with Crippen LogP contribution in [-0.4, -0.2) is 90.2 Å². The van der Waals surface area contributed by atoms with Gasteiger partial charge in [-0.25, -0.2) is 0 Å². The molecule has 6 aliphatic heterocycles. The Bertz CT molecular complexity index is 1020. The first-order chi connectivity index (χ1) is 20.6. The van der Waals surface area contributed by atoms with Crippen LogP contribution in [0.1, 0.15) is 89.9 Å². The third kappa shape index (κ3) is 6.05. The topological polar surface area (TPSA) is 52.9 Å². The summed E-state index contributed by atoms with van der Waals surface area (Å²) in [6.45, 7) is 4.44. The Morgan fingerprint density at radius 3 is 2.30 bits per heavy atom. The van der Waals surface area contributed by atoms with Gasteiger partial charge >= 0.3 is 7.25 Å². The zero-order valence-corrected chi connectivity index (χ0v) is 25.9. The molecule has 5 saturated heterocycles. The van der Waals surface area contributed by atoms with Gasteiger partial charge in [0.05, 0.1) is 24.5 Å². The molecule has 5 nitrogen and oxygen atoms in total. The van der Waals surface area contributed by atoms with Crippen LogP contribution in [0.2, 0.25) is 0 Å². The predicted molar refractivity (Wildman–Crippen MR) is 163 cm³/mol. The molecular weight excluding hydrogens is 559 g/mol. The van der Waals surface area contributed by atoms with Crippen molar-refractivity contribution >= 4 is 7.25 Å². The molecule has 0 amide bonds. The van der Waals surface area contributed by atoms with E-state index in [0.717, 1.165) is 56.3 Å². The molecule has 7 aliphatic rings. The van der Waals surface area contributed by atoms with Crippen molar-refractivity contribution in [1.29, 1.82) is 0 Å². The smallest absolute Gasteiger partial charge is 0.418 e. The number of quaternary nitrogens is 1. The standard InChI is InChI=1S/C33H53N2O3.BF4/c1-38-31-32-20-15-11-7-3-4-8-12-16-21-34-22-19-27-26(24-32)25-35(31)23-17-13-9-5-2-6-10-14-18-28(36)29(37)33(27,35)30(32)34;2-1(3,4)5/h5-6,9-10,14,18,26-31,36-37H,2-4,7-8,11-13,15-17,19-25H2,1H3;/q+1;-1/b9-5-,10-6-,18-14+;/t26-,27+,28-,29+,30-,31+,32-,33+,35?;/m0./s1. The summed E-state index contributed by atoms with van der Waals surface area (Å²) in [4.78, 5) is 2.82. The van der Waals surface area contributed by atoms with Gasteiger partial charge in [0.15, 0.2) is 5.54 Å². The van der Waals surface area contributed by atoms with Gasteiger partial charge in [0, 0.05) is 25.4 Å². The van der Waals surface area contributed by atoms with Crippen LogP contribution < -0.4 is 0 Å². The molecule has 43 heavy (non-hydrogen) atoms. The molecule has 1 unspecified atom stereocenters. The van der Waals surface area contributed by atoms with Gasteiger partial charge in [-0.1, -0.05) is 81.4 Å². The lowest BCUT2D eigenvalue weighted by atomic mass is 9.52. The van der Waals surface area contributed by atoms with E-state index < -0.39 is 19.5 Å². The zero-order chi connectivity index (χ0) is 30.7. The van der Waals surface area contributed by atoms with Crippen LogP contribution in [0, 0.1) is 17.3 Å². The van der Waals surface area contributed by atoms with Crippen LogP contribution in [0.15, 0.2) is 36.5 Å². The molecule has 9 atom stereocenters. The summed E-state index contributed by atoms with van der Waals surface area (Å²) in [5, 5.41) is 24.2. The van der Waals surface area contributed by atoms with Gasteiger partial charge in [-0.2, -0.15) is 0 Å². The minimum Gasteiger partial charge on any atom is -0.418 e. The van der Waals surface area contributed by atoms with E-state index in [9.17, 15) is 27.5 Å². The molecule has 6 heterocycles. The number of hydrogen-bond donors (Lipinski definition) is 2. The Labute approximate surface area is 255 Å². The van der Waals surface area contributed by atoms with Crippen molar-refractivity contribution < 1.29 is 36.7 Å². The average molecular weight is 613 g/mol. The number of hydrogen-bond acceptors (Lipinski definition) is 4. The van der Waals surface area contributed by atoms with Crippen molar-refractivity contribution in [2.75, 3.05) is 33.3 Å². The first kappa shape index (κ1) is 33.2. The lowest BCUT2D eigenvalue weighted by Gasteiger charge is -2.58. The molecule has 0 aromatic heterocycles. The van der Waals surface area contributed by atoms with Gasteiger partial charge in [-0.3, -0.25) is 9.38 Å². The largest absolute Gasteiger partial charge is 0.673 e. The van der Waals surface area contributed by atoms with Crippen molar-refractivity contribution in [3.63, 3.8) is 0 Å². The second-order valence-corrected chi connectivity index (χ2v) is 14.1. The molecule has 1 aliphatic carbocycles. The number of ether oxygens (including phenoxy) is 1. The highest BCUT2D eigenvalue weighted by Crippen LogP contribution is 2.74. The van der Waals surface area contributed by atoms with Crippen molar-refractivity contribution in [2.24, 2.45) is 17.3 Å². The zero-order valence-electron chi connectivity index (χ0n) is 25.9. The van der Waals surface area contributed by atoms with Gasteiger partial charge in [0.25, 0.3) is 0 Å². The van der Waals surface area contributed by atoms with Crippen LogP contribution in [-0.2, 0) is 4.74 Å². The average Bonchev–Trinajstić information content (AvgIpc) is 3.25. The van der Waals surface area contributed by atoms with E-state index in [1.807, 2.05) is 25.3 Å².